The molecule has 2 fully saturated rings. The highest BCUT2D eigenvalue weighted by atomic mass is 16.4. The van der Waals surface area contributed by atoms with Gasteiger partial charge in [-0.05, 0) is 73.2 Å². The number of phenols is 1. The normalized spacial score (nSPS) is 18.1. The number of nitrogens with zero attached hydrogens (tertiary/aromatic N) is 3. The molecular formula is C34H42N8O4. The Bertz CT molecular complexity index is 1560. The molecule has 2 saturated heterocycles. The molecule has 3 aromatic carbocycles. The van der Waals surface area contributed by atoms with Crippen molar-refractivity contribution < 1.29 is 19.8 Å². The fourth-order valence-corrected chi connectivity index (χ4v) is 5.50. The predicted molar refractivity (Wildman–Crippen MR) is 182 cm³/mol. The maximum atomic E-state index is 13.0. The van der Waals surface area contributed by atoms with Gasteiger partial charge in [-0.2, -0.15) is 15.2 Å². The third-order valence-corrected chi connectivity index (χ3v) is 7.97. The summed E-state index contributed by atoms with van der Waals surface area (Å²) >= 11 is 0. The van der Waals surface area contributed by atoms with Crippen LogP contribution in [0.15, 0.2) is 70.9 Å². The van der Waals surface area contributed by atoms with Crippen LogP contribution in [0.3, 0.4) is 0 Å². The van der Waals surface area contributed by atoms with Crippen molar-refractivity contribution in [3.8, 4) is 16.9 Å². The van der Waals surface area contributed by atoms with Gasteiger partial charge in [0.1, 0.15) is 5.75 Å². The molecule has 3 aromatic rings. The van der Waals surface area contributed by atoms with Crippen LogP contribution in [-0.4, -0.2) is 85.9 Å². The van der Waals surface area contributed by atoms with E-state index in [4.69, 9.17) is 0 Å². The molecule has 12 heteroatoms. The number of benzene rings is 3. The van der Waals surface area contributed by atoms with Gasteiger partial charge in [-0.3, -0.25) is 10.2 Å². The maximum Gasteiger partial charge on any atom is 0.335 e. The number of carboxylic acids is 1. The van der Waals surface area contributed by atoms with E-state index in [2.05, 4.69) is 36.9 Å². The van der Waals surface area contributed by atoms with Crippen molar-refractivity contribution in [1.82, 2.24) is 21.3 Å². The number of carbonyl (C=O) groups excluding carboxylic acids is 1. The average molecular weight is 627 g/mol. The average Bonchev–Trinajstić information content (AvgIpc) is 3.69. The summed E-state index contributed by atoms with van der Waals surface area (Å²) in [5, 5.41) is 42.9. The van der Waals surface area contributed by atoms with Crippen LogP contribution in [0.5, 0.6) is 5.75 Å². The Labute approximate surface area is 269 Å². The molecule has 7 N–H and O–H groups in total. The number of carboxylic acid groups (broad SMARTS) is 1. The van der Waals surface area contributed by atoms with Crippen LogP contribution in [-0.2, 0) is 17.6 Å². The predicted octanol–water partition coefficient (Wildman–Crippen LogP) is 2.80. The van der Waals surface area contributed by atoms with Crippen molar-refractivity contribution in [3.05, 3.63) is 77.4 Å². The van der Waals surface area contributed by atoms with Crippen LogP contribution in [0.1, 0.15) is 34.8 Å². The van der Waals surface area contributed by atoms with E-state index in [9.17, 15) is 19.8 Å². The molecule has 0 saturated carbocycles. The first kappa shape index (κ1) is 32.8. The lowest BCUT2D eigenvalue weighted by Gasteiger charge is -2.13. The van der Waals surface area contributed by atoms with Gasteiger partial charge in [-0.25, -0.2) is 4.79 Å². The number of fused-ring (bicyclic) bond motifs is 1. The molecule has 0 radical (unpaired) electrons. The Morgan fingerprint density at radius 3 is 2.11 bits per heavy atom. The number of para-hydroxylation sites is 1. The number of aryl methyl sites for hydroxylation is 2. The number of phenolic OH excluding ortho intramolecular Hbond substituents is 1. The number of carbonyl (C=O) groups is 2. The third-order valence-electron chi connectivity index (χ3n) is 7.97. The minimum Gasteiger partial charge on any atom is -0.505 e. The number of nitrogens with one attached hydrogen (secondary N) is 5. The molecule has 4 aliphatic rings. The smallest absolute Gasteiger partial charge is 0.335 e. The number of anilines is 2. The summed E-state index contributed by atoms with van der Waals surface area (Å²) in [5.74, 6) is -1.51. The fourth-order valence-electron chi connectivity index (χ4n) is 5.50. The molecule has 0 bridgehead atoms. The van der Waals surface area contributed by atoms with E-state index in [-0.39, 0.29) is 28.6 Å². The monoisotopic (exact) mass is 626 g/mol. The number of hydrogen-bond acceptors (Lipinski definition) is 10. The van der Waals surface area contributed by atoms with Crippen molar-refractivity contribution in [2.24, 2.45) is 10.2 Å². The number of piperazine rings is 2. The van der Waals surface area contributed by atoms with E-state index < -0.39 is 5.97 Å². The molecule has 242 valence electrons. The van der Waals surface area contributed by atoms with Crippen molar-refractivity contribution in [3.63, 3.8) is 0 Å². The molecule has 0 unspecified atom stereocenters. The van der Waals surface area contributed by atoms with E-state index >= 15 is 0 Å². The lowest BCUT2D eigenvalue weighted by molar-refractivity contribution is -0.112. The summed E-state index contributed by atoms with van der Waals surface area (Å²) in [6.45, 7) is 10.8. The van der Waals surface area contributed by atoms with E-state index in [1.54, 1.807) is 37.3 Å². The van der Waals surface area contributed by atoms with Crippen molar-refractivity contribution in [2.45, 2.75) is 26.2 Å². The minimum absolute atomic E-state index is 0.107. The van der Waals surface area contributed by atoms with E-state index in [1.165, 1.54) is 28.3 Å². The number of aromatic hydroxyl groups is 1. The second kappa shape index (κ2) is 16.1. The molecule has 7 rings (SSSR count). The number of amides is 1. The van der Waals surface area contributed by atoms with Crippen molar-refractivity contribution in [2.75, 3.05) is 62.8 Å². The number of aromatic carboxylic acids is 1. The van der Waals surface area contributed by atoms with Crippen LogP contribution in [0.25, 0.3) is 11.1 Å². The second-order valence-electron chi connectivity index (χ2n) is 11.3. The quantitative estimate of drug-likeness (QED) is 0.167. The first-order valence-corrected chi connectivity index (χ1v) is 15.8. The molecule has 3 aliphatic heterocycles. The van der Waals surface area contributed by atoms with Crippen LogP contribution in [0.4, 0.5) is 11.4 Å². The first-order valence-electron chi connectivity index (χ1n) is 15.8. The van der Waals surface area contributed by atoms with Crippen molar-refractivity contribution >= 4 is 34.7 Å². The summed E-state index contributed by atoms with van der Waals surface area (Å²) in [4.78, 5) is 24.3. The lowest BCUT2D eigenvalue weighted by atomic mass is 10.0. The van der Waals surface area contributed by atoms with Crippen LogP contribution < -0.4 is 31.7 Å². The van der Waals surface area contributed by atoms with Gasteiger partial charge < -0.3 is 31.5 Å². The van der Waals surface area contributed by atoms with Gasteiger partial charge in [0.2, 0.25) is 0 Å². The Kier molecular flexibility index (Phi) is 11.5. The lowest BCUT2D eigenvalue weighted by Crippen LogP contribution is -2.39. The summed E-state index contributed by atoms with van der Waals surface area (Å²) in [7, 11) is 0. The summed E-state index contributed by atoms with van der Waals surface area (Å²) in [6, 6.07) is 17.3. The molecule has 1 amide bonds. The zero-order chi connectivity index (χ0) is 32.3. The fraction of sp³-hybridized carbons (Fsp3) is 0.353. The summed E-state index contributed by atoms with van der Waals surface area (Å²) in [6.07, 6.45) is 3.18. The van der Waals surface area contributed by atoms with Crippen LogP contribution in [0.2, 0.25) is 0 Å². The van der Waals surface area contributed by atoms with Crippen molar-refractivity contribution in [1.29, 1.82) is 0 Å². The molecule has 3 heterocycles. The topological polar surface area (TPSA) is 163 Å². The zero-order valence-corrected chi connectivity index (χ0v) is 26.1. The van der Waals surface area contributed by atoms with Gasteiger partial charge in [0.15, 0.2) is 5.71 Å². The summed E-state index contributed by atoms with van der Waals surface area (Å²) < 4.78 is 0. The van der Waals surface area contributed by atoms with Gasteiger partial charge in [-0.15, -0.1) is 0 Å². The van der Waals surface area contributed by atoms with E-state index in [0.717, 1.165) is 71.6 Å². The molecule has 12 nitrogen and oxygen atoms in total. The highest BCUT2D eigenvalue weighted by Gasteiger charge is 2.31. The highest BCUT2D eigenvalue weighted by molar-refractivity contribution is 6.71. The van der Waals surface area contributed by atoms with E-state index in [0.29, 0.717) is 22.5 Å². The van der Waals surface area contributed by atoms with Gasteiger partial charge in [0, 0.05) is 57.9 Å². The van der Waals surface area contributed by atoms with Crippen LogP contribution >= 0.6 is 0 Å². The Morgan fingerprint density at radius 1 is 0.848 bits per heavy atom. The Morgan fingerprint density at radius 2 is 1.48 bits per heavy atom. The Balaban J connectivity index is 0.000000289. The van der Waals surface area contributed by atoms with Gasteiger partial charge in [-0.1, -0.05) is 30.3 Å². The SMILES string of the molecule is C1CNCCN1.C1CNCCN1.CC1=NN(c2ccc3c(c2)CCC3)C(=O)C1=NNc1cccc(-c2cccc(C(=O)O)c2)c1O. The second-order valence-corrected chi connectivity index (χ2v) is 11.3. The molecule has 1 aliphatic carbocycles. The van der Waals surface area contributed by atoms with Crippen LogP contribution in [0, 0.1) is 0 Å². The standard InChI is InChI=1S/C26H22N4O4.2C4H10N2/c1-15-23(25(32)30(29-15)20-12-11-16-5-2-6-17(16)14-20)28-27-22-10-4-9-21(24(22)31)18-7-3-8-19(13-18)26(33)34;2*1-2-6-4-3-5-1/h3-4,7-14,27,31H,2,5-6H2,1H3,(H,33,34);2*5-6H,1-4H2. The molecule has 0 spiro atoms. The molecule has 0 aromatic heterocycles. The third kappa shape index (κ3) is 8.34. The Hall–Kier alpha value is -4.62. The van der Waals surface area contributed by atoms with Gasteiger partial charge in [0.05, 0.1) is 22.6 Å². The number of hydrazone groups is 2. The van der Waals surface area contributed by atoms with Gasteiger partial charge >= 0.3 is 11.9 Å². The number of hydrogen-bond donors (Lipinski definition) is 7. The van der Waals surface area contributed by atoms with Gasteiger partial charge in [0.25, 0.3) is 0 Å². The first-order chi connectivity index (χ1) is 22.4. The largest absolute Gasteiger partial charge is 0.505 e. The van der Waals surface area contributed by atoms with E-state index in [1.807, 2.05) is 18.2 Å². The summed E-state index contributed by atoms with van der Waals surface area (Å²) in [5.41, 5.74) is 8.03. The minimum atomic E-state index is -1.05. The highest BCUT2D eigenvalue weighted by Crippen LogP contribution is 2.36. The zero-order valence-electron chi connectivity index (χ0n) is 26.1. The molecular weight excluding hydrogens is 584 g/mol. The molecule has 0 atom stereocenters. The molecule has 46 heavy (non-hydrogen) atoms. The number of rotatable bonds is 5. The maximum absolute atomic E-state index is 13.0.